The summed E-state index contributed by atoms with van der Waals surface area (Å²) in [6.45, 7) is 1.50. The molecule has 0 aromatic heterocycles. The summed E-state index contributed by atoms with van der Waals surface area (Å²) in [5, 5.41) is 0. The van der Waals surface area contributed by atoms with Crippen LogP contribution in [-0.2, 0) is 47.7 Å². The molecule has 4 atom stereocenters. The van der Waals surface area contributed by atoms with Crippen molar-refractivity contribution >= 4 is 29.8 Å². The zero-order chi connectivity index (χ0) is 49.6. The SMILES string of the molecule is [2H]CCCCCCCCCCCC(=O)OC[C@@H](OC(=O)CCCCCCCCCCC[2H])[C@H]1OC(=O)[C@H](OC(=O)CCCCCCCCCCC[2H])[C@H]1OC(=O)CCCCCCCCCCC[2H]. The quantitative estimate of drug-likeness (QED) is 0.0330. The number of esters is 5. The first-order valence-corrected chi connectivity index (χ1v) is 26.4. The molecule has 10 heteroatoms. The van der Waals surface area contributed by atoms with Gasteiger partial charge in [0.15, 0.2) is 18.3 Å². The fourth-order valence-corrected chi connectivity index (χ4v) is 8.22. The van der Waals surface area contributed by atoms with Crippen molar-refractivity contribution in [2.45, 2.75) is 309 Å². The molecule has 0 spiro atoms. The Hall–Kier alpha value is -2.65. The summed E-state index contributed by atoms with van der Waals surface area (Å²) in [5.74, 6) is -3.12. The minimum atomic E-state index is -1.56. The molecule has 0 saturated carbocycles. The van der Waals surface area contributed by atoms with Crippen LogP contribution in [0.15, 0.2) is 0 Å². The maximum atomic E-state index is 13.5. The lowest BCUT2D eigenvalue weighted by atomic mass is 10.0. The third-order valence-electron chi connectivity index (χ3n) is 12.2. The molecule has 1 aliphatic heterocycles. The van der Waals surface area contributed by atoms with Gasteiger partial charge in [-0.2, -0.15) is 0 Å². The number of hydrogen-bond acceptors (Lipinski definition) is 10. The number of ether oxygens (including phenoxy) is 5. The maximum Gasteiger partial charge on any atom is 0.352 e. The molecular weight excluding hydrogens is 809 g/mol. The third kappa shape index (κ3) is 32.9. The Morgan fingerprint density at radius 3 is 1.12 bits per heavy atom. The molecule has 0 unspecified atom stereocenters. The summed E-state index contributed by atoms with van der Waals surface area (Å²) in [7, 11) is 0. The lowest BCUT2D eigenvalue weighted by Gasteiger charge is -2.27. The molecule has 1 aliphatic rings. The Labute approximate surface area is 397 Å². The van der Waals surface area contributed by atoms with Crippen LogP contribution >= 0.6 is 0 Å². The molecule has 1 saturated heterocycles. The predicted octanol–water partition coefficient (Wildman–Crippen LogP) is 14.9. The van der Waals surface area contributed by atoms with Crippen LogP contribution in [-0.4, -0.2) is 60.9 Å². The Balaban J connectivity index is 2.98. The highest BCUT2D eigenvalue weighted by Gasteiger charge is 2.54. The molecule has 0 N–H and O–H groups in total. The lowest BCUT2D eigenvalue weighted by molar-refractivity contribution is -0.180. The fraction of sp³-hybridized carbons (Fsp3) is 0.907. The summed E-state index contributed by atoms with van der Waals surface area (Å²) in [6, 6.07) is 0. The molecule has 0 aromatic rings. The highest BCUT2D eigenvalue weighted by atomic mass is 16.7. The summed E-state index contributed by atoms with van der Waals surface area (Å²) in [6.07, 6.45) is 30.6. The van der Waals surface area contributed by atoms with Crippen molar-refractivity contribution in [3.8, 4) is 0 Å². The molecule has 64 heavy (non-hydrogen) atoms. The van der Waals surface area contributed by atoms with Crippen LogP contribution < -0.4 is 0 Å². The first-order chi connectivity index (χ1) is 33.3. The average Bonchev–Trinajstić information content (AvgIpc) is 3.62. The Morgan fingerprint density at radius 1 is 0.438 bits per heavy atom. The number of carbonyl (C=O) groups is 5. The van der Waals surface area contributed by atoms with Gasteiger partial charge in [-0.3, -0.25) is 19.2 Å². The standard InChI is InChI=1S/C54H98O10/c1-5-9-13-17-21-25-29-33-37-41-47(55)60-45-46(61-48(56)42-38-34-30-26-22-18-14-10-6-2)51-52(62-49(57)43-39-35-31-27-23-19-15-11-7-3)53(54(59)64-51)63-50(58)44-40-36-32-28-24-20-16-12-8-4/h46,51-53H,5-45H2,1-4H3/t46-,51-,52+,53-/m1/s1/i1D,2D,3D,4D. The Bertz CT molecular complexity index is 1240. The van der Waals surface area contributed by atoms with Crippen molar-refractivity contribution in [2.75, 3.05) is 6.61 Å². The fourth-order valence-electron chi connectivity index (χ4n) is 8.22. The van der Waals surface area contributed by atoms with E-state index in [0.29, 0.717) is 53.3 Å². The van der Waals surface area contributed by atoms with Gasteiger partial charge in [-0.05, 0) is 25.7 Å². The van der Waals surface area contributed by atoms with Crippen LogP contribution in [0.1, 0.15) is 290 Å². The molecule has 0 bridgehead atoms. The Kier molecular flexibility index (Phi) is 35.1. The predicted molar refractivity (Wildman–Crippen MR) is 258 cm³/mol. The van der Waals surface area contributed by atoms with E-state index in [1.54, 1.807) is 0 Å². The van der Waals surface area contributed by atoms with Gasteiger partial charge in [0.25, 0.3) is 0 Å². The zero-order valence-electron chi connectivity index (χ0n) is 44.7. The molecule has 1 rings (SSSR count). The number of rotatable bonds is 46. The maximum absolute atomic E-state index is 13.5. The summed E-state index contributed by atoms with van der Waals surface area (Å²) in [4.78, 5) is 66.6. The smallest absolute Gasteiger partial charge is 0.352 e. The number of cyclic esters (lactones) is 1. The molecule has 1 heterocycles. The van der Waals surface area contributed by atoms with Gasteiger partial charge in [0.2, 0.25) is 6.10 Å². The van der Waals surface area contributed by atoms with Gasteiger partial charge < -0.3 is 23.7 Å². The van der Waals surface area contributed by atoms with Crippen LogP contribution in [0.4, 0.5) is 0 Å². The highest BCUT2D eigenvalue weighted by molar-refractivity contribution is 5.83. The number of hydrogen-bond donors (Lipinski definition) is 0. The Morgan fingerprint density at radius 2 is 0.750 bits per heavy atom. The monoisotopic (exact) mass is 911 g/mol. The van der Waals surface area contributed by atoms with Crippen molar-refractivity contribution in [3.05, 3.63) is 0 Å². The van der Waals surface area contributed by atoms with Crippen molar-refractivity contribution in [3.63, 3.8) is 0 Å². The minimum Gasteiger partial charge on any atom is -0.462 e. The topological polar surface area (TPSA) is 132 Å². The van der Waals surface area contributed by atoms with Crippen molar-refractivity contribution in [1.29, 1.82) is 0 Å². The van der Waals surface area contributed by atoms with E-state index in [0.717, 1.165) is 205 Å². The van der Waals surface area contributed by atoms with Crippen molar-refractivity contribution in [2.24, 2.45) is 0 Å². The van der Waals surface area contributed by atoms with Gasteiger partial charge in [0, 0.05) is 31.2 Å². The largest absolute Gasteiger partial charge is 0.462 e. The van der Waals surface area contributed by atoms with E-state index >= 15 is 0 Å². The van der Waals surface area contributed by atoms with Crippen molar-refractivity contribution < 1.29 is 53.1 Å². The molecule has 0 aromatic carbocycles. The highest BCUT2D eigenvalue weighted by Crippen LogP contribution is 2.29. The number of unbranched alkanes of at least 4 members (excludes halogenated alkanes) is 32. The van der Waals surface area contributed by atoms with Gasteiger partial charge >= 0.3 is 29.8 Å². The average molecular weight is 911 g/mol. The van der Waals surface area contributed by atoms with Crippen LogP contribution in [0, 0.1) is 0 Å². The molecule has 0 amide bonds. The second-order valence-electron chi connectivity index (χ2n) is 18.2. The second-order valence-corrected chi connectivity index (χ2v) is 18.2. The van der Waals surface area contributed by atoms with E-state index in [1.807, 2.05) is 0 Å². The van der Waals surface area contributed by atoms with Gasteiger partial charge in [-0.25, -0.2) is 4.79 Å². The van der Waals surface area contributed by atoms with Crippen molar-refractivity contribution in [1.82, 2.24) is 0 Å². The van der Waals surface area contributed by atoms with E-state index in [1.165, 1.54) is 0 Å². The normalized spacial score (nSPS) is 17.2. The molecule has 0 radical (unpaired) electrons. The summed E-state index contributed by atoms with van der Waals surface area (Å²) in [5.41, 5.74) is 0. The molecule has 10 nitrogen and oxygen atoms in total. The number of carbonyl (C=O) groups excluding carboxylic acids is 5. The van der Waals surface area contributed by atoms with Crippen LogP contribution in [0.5, 0.6) is 0 Å². The summed E-state index contributed by atoms with van der Waals surface area (Å²) < 4.78 is 58.1. The van der Waals surface area contributed by atoms with Crippen LogP contribution in [0.3, 0.4) is 0 Å². The van der Waals surface area contributed by atoms with E-state index in [-0.39, 0.29) is 25.7 Å². The first-order valence-electron chi connectivity index (χ1n) is 29.2. The van der Waals surface area contributed by atoms with Crippen LogP contribution in [0.25, 0.3) is 0 Å². The lowest BCUT2D eigenvalue weighted by Crippen LogP contribution is -2.47. The van der Waals surface area contributed by atoms with E-state index in [2.05, 4.69) is 0 Å². The van der Waals surface area contributed by atoms with E-state index in [4.69, 9.17) is 29.2 Å². The minimum absolute atomic E-state index is 0.0809. The molecular formula is C54H98O10. The van der Waals surface area contributed by atoms with Gasteiger partial charge in [0.1, 0.15) is 6.61 Å². The summed E-state index contributed by atoms with van der Waals surface area (Å²) >= 11 is 0. The van der Waals surface area contributed by atoms with Crippen LogP contribution in [0.2, 0.25) is 0 Å². The second kappa shape index (κ2) is 43.0. The van der Waals surface area contributed by atoms with Gasteiger partial charge in [-0.15, -0.1) is 0 Å². The molecule has 374 valence electrons. The molecule has 1 fully saturated rings. The van der Waals surface area contributed by atoms with Gasteiger partial charge in [-0.1, -0.05) is 233 Å². The zero-order valence-corrected chi connectivity index (χ0v) is 40.7. The van der Waals surface area contributed by atoms with Gasteiger partial charge in [0.05, 0.1) is 0 Å². The first kappa shape index (κ1) is 52.3. The van der Waals surface area contributed by atoms with E-state index < -0.39 is 60.9 Å². The third-order valence-corrected chi connectivity index (χ3v) is 12.2. The van der Waals surface area contributed by atoms with E-state index in [9.17, 15) is 24.0 Å². The molecule has 0 aliphatic carbocycles.